The molecule has 0 saturated carbocycles. The molecule has 112 valence electrons. The summed E-state index contributed by atoms with van der Waals surface area (Å²) in [6.45, 7) is 2.20. The van der Waals surface area contributed by atoms with Gasteiger partial charge in [-0.25, -0.2) is 0 Å². The highest BCUT2D eigenvalue weighted by atomic mass is 16.5. The highest BCUT2D eigenvalue weighted by Crippen LogP contribution is 2.28. The van der Waals surface area contributed by atoms with E-state index in [2.05, 4.69) is 43.3 Å². The first kappa shape index (κ1) is 15.4. The molecule has 2 aromatic carbocycles. The maximum absolute atomic E-state index is 5.35. The summed E-state index contributed by atoms with van der Waals surface area (Å²) in [5.41, 5.74) is 4.13. The normalized spacial score (nSPS) is 10.4. The van der Waals surface area contributed by atoms with Crippen LogP contribution in [0.15, 0.2) is 42.5 Å². The summed E-state index contributed by atoms with van der Waals surface area (Å²) < 4.78 is 10.6. The Morgan fingerprint density at radius 2 is 1.43 bits per heavy atom. The molecule has 2 nitrogen and oxygen atoms in total. The number of hydrogen-bond donors (Lipinski definition) is 0. The van der Waals surface area contributed by atoms with Crippen molar-refractivity contribution in [3.05, 3.63) is 59.2 Å². The summed E-state index contributed by atoms with van der Waals surface area (Å²) in [4.78, 5) is 0. The zero-order valence-electron chi connectivity index (χ0n) is 13.2. The van der Waals surface area contributed by atoms with Gasteiger partial charge in [0.25, 0.3) is 0 Å². The fourth-order valence-corrected chi connectivity index (χ4v) is 2.54. The first-order valence-corrected chi connectivity index (χ1v) is 7.55. The lowest BCUT2D eigenvalue weighted by Crippen LogP contribution is -1.94. The Morgan fingerprint density at radius 1 is 0.762 bits per heavy atom. The number of aryl methyl sites for hydroxylation is 3. The summed E-state index contributed by atoms with van der Waals surface area (Å²) in [7, 11) is 3.34. The van der Waals surface area contributed by atoms with Crippen LogP contribution in [0.25, 0.3) is 0 Å². The first-order chi connectivity index (χ1) is 10.3. The molecular weight excluding hydrogens is 260 g/mol. The molecule has 0 N–H and O–H groups in total. The molecule has 0 fully saturated rings. The van der Waals surface area contributed by atoms with Gasteiger partial charge in [-0.1, -0.05) is 37.3 Å². The smallest absolute Gasteiger partial charge is 0.160 e. The lowest BCUT2D eigenvalue weighted by molar-refractivity contribution is 0.354. The zero-order chi connectivity index (χ0) is 15.1. The standard InChI is InChI=1S/C19H24O2/c1-4-15-7-5-8-16(13-15)9-6-10-17-11-12-18(20-2)19(14-17)21-3/h5,7-8,11-14H,4,6,9-10H2,1-3H3. The van der Waals surface area contributed by atoms with E-state index in [-0.39, 0.29) is 0 Å². The van der Waals surface area contributed by atoms with E-state index < -0.39 is 0 Å². The number of rotatable bonds is 7. The van der Waals surface area contributed by atoms with Crippen molar-refractivity contribution in [2.45, 2.75) is 32.6 Å². The fraction of sp³-hybridized carbons (Fsp3) is 0.368. The van der Waals surface area contributed by atoms with E-state index in [1.165, 1.54) is 16.7 Å². The van der Waals surface area contributed by atoms with Crippen LogP contribution in [-0.2, 0) is 19.3 Å². The second-order valence-corrected chi connectivity index (χ2v) is 5.22. The van der Waals surface area contributed by atoms with Crippen molar-refractivity contribution in [2.24, 2.45) is 0 Å². The highest BCUT2D eigenvalue weighted by Gasteiger charge is 2.04. The van der Waals surface area contributed by atoms with Gasteiger partial charge in [-0.15, -0.1) is 0 Å². The molecule has 0 unspecified atom stereocenters. The largest absolute Gasteiger partial charge is 0.493 e. The van der Waals surface area contributed by atoms with Crippen LogP contribution in [0.3, 0.4) is 0 Å². The van der Waals surface area contributed by atoms with E-state index in [0.717, 1.165) is 37.2 Å². The minimum Gasteiger partial charge on any atom is -0.493 e. The van der Waals surface area contributed by atoms with Gasteiger partial charge >= 0.3 is 0 Å². The lowest BCUT2D eigenvalue weighted by Gasteiger charge is -2.09. The predicted octanol–water partition coefficient (Wildman–Crippen LogP) is 4.44. The molecule has 2 heteroatoms. The Bertz CT molecular complexity index is 576. The number of hydrogen-bond acceptors (Lipinski definition) is 2. The molecule has 2 aromatic rings. The van der Waals surface area contributed by atoms with Gasteiger partial charge < -0.3 is 9.47 Å². The van der Waals surface area contributed by atoms with Gasteiger partial charge in [0.05, 0.1) is 14.2 Å². The van der Waals surface area contributed by atoms with Crippen molar-refractivity contribution < 1.29 is 9.47 Å². The maximum atomic E-state index is 5.35. The zero-order valence-corrected chi connectivity index (χ0v) is 13.2. The molecule has 0 aliphatic carbocycles. The Balaban J connectivity index is 1.93. The molecule has 0 aliphatic heterocycles. The van der Waals surface area contributed by atoms with Crippen LogP contribution in [0.1, 0.15) is 30.0 Å². The molecule has 0 aliphatic rings. The first-order valence-electron chi connectivity index (χ1n) is 7.55. The molecule has 0 atom stereocenters. The third kappa shape index (κ3) is 4.25. The van der Waals surface area contributed by atoms with Gasteiger partial charge in [-0.2, -0.15) is 0 Å². The summed E-state index contributed by atoms with van der Waals surface area (Å²) in [5.74, 6) is 1.60. The van der Waals surface area contributed by atoms with Crippen LogP contribution >= 0.6 is 0 Å². The van der Waals surface area contributed by atoms with E-state index in [4.69, 9.17) is 9.47 Å². The van der Waals surface area contributed by atoms with Crippen LogP contribution in [0.5, 0.6) is 11.5 Å². The average molecular weight is 284 g/mol. The number of ether oxygens (including phenoxy) is 2. The van der Waals surface area contributed by atoms with E-state index in [9.17, 15) is 0 Å². The third-order valence-corrected chi connectivity index (χ3v) is 3.78. The van der Waals surface area contributed by atoms with Crippen LogP contribution in [0.2, 0.25) is 0 Å². The third-order valence-electron chi connectivity index (χ3n) is 3.78. The topological polar surface area (TPSA) is 18.5 Å². The van der Waals surface area contributed by atoms with Gasteiger partial charge in [-0.3, -0.25) is 0 Å². The summed E-state index contributed by atoms with van der Waals surface area (Å²) >= 11 is 0. The average Bonchev–Trinajstić information content (AvgIpc) is 2.55. The van der Waals surface area contributed by atoms with Gasteiger partial charge in [0.2, 0.25) is 0 Å². The second-order valence-electron chi connectivity index (χ2n) is 5.22. The Hall–Kier alpha value is -1.96. The van der Waals surface area contributed by atoms with E-state index in [0.29, 0.717) is 0 Å². The van der Waals surface area contributed by atoms with Crippen molar-refractivity contribution in [3.8, 4) is 11.5 Å². The Morgan fingerprint density at radius 3 is 2.10 bits per heavy atom. The molecule has 0 spiro atoms. The molecule has 0 bridgehead atoms. The molecule has 21 heavy (non-hydrogen) atoms. The van der Waals surface area contributed by atoms with Crippen molar-refractivity contribution in [3.63, 3.8) is 0 Å². The van der Waals surface area contributed by atoms with Gasteiger partial charge in [0, 0.05) is 0 Å². The number of methoxy groups -OCH3 is 2. The summed E-state index contributed by atoms with van der Waals surface area (Å²) in [5, 5.41) is 0. The molecule has 0 heterocycles. The summed E-state index contributed by atoms with van der Waals surface area (Å²) in [6, 6.07) is 15.0. The van der Waals surface area contributed by atoms with Crippen molar-refractivity contribution in [1.82, 2.24) is 0 Å². The van der Waals surface area contributed by atoms with Crippen molar-refractivity contribution in [1.29, 1.82) is 0 Å². The van der Waals surface area contributed by atoms with E-state index in [1.54, 1.807) is 14.2 Å². The quantitative estimate of drug-likeness (QED) is 0.748. The maximum Gasteiger partial charge on any atom is 0.160 e. The number of benzene rings is 2. The van der Waals surface area contributed by atoms with Crippen molar-refractivity contribution >= 4 is 0 Å². The minimum atomic E-state index is 0.789. The van der Waals surface area contributed by atoms with E-state index >= 15 is 0 Å². The Labute approximate surface area is 127 Å². The van der Waals surface area contributed by atoms with E-state index in [1.807, 2.05) is 6.07 Å². The minimum absolute atomic E-state index is 0.789. The Kier molecular flexibility index (Phi) is 5.68. The van der Waals surface area contributed by atoms with Gasteiger partial charge in [-0.05, 0) is 54.5 Å². The van der Waals surface area contributed by atoms with Crippen LogP contribution < -0.4 is 9.47 Å². The lowest BCUT2D eigenvalue weighted by atomic mass is 10.0. The molecular formula is C19H24O2. The predicted molar refractivity (Wildman–Crippen MR) is 87.4 cm³/mol. The SMILES string of the molecule is CCc1cccc(CCCc2ccc(OC)c(OC)c2)c1. The van der Waals surface area contributed by atoms with Crippen LogP contribution in [-0.4, -0.2) is 14.2 Å². The van der Waals surface area contributed by atoms with Crippen LogP contribution in [0, 0.1) is 0 Å². The molecule has 2 rings (SSSR count). The molecule has 0 aromatic heterocycles. The second kappa shape index (κ2) is 7.72. The fourth-order valence-electron chi connectivity index (χ4n) is 2.54. The molecule has 0 radical (unpaired) electrons. The summed E-state index contributed by atoms with van der Waals surface area (Å²) in [6.07, 6.45) is 4.41. The van der Waals surface area contributed by atoms with Crippen molar-refractivity contribution in [2.75, 3.05) is 14.2 Å². The monoisotopic (exact) mass is 284 g/mol. The highest BCUT2D eigenvalue weighted by molar-refractivity contribution is 5.42. The van der Waals surface area contributed by atoms with Gasteiger partial charge in [0.15, 0.2) is 11.5 Å². The molecule has 0 amide bonds. The molecule has 0 saturated heterocycles. The van der Waals surface area contributed by atoms with Gasteiger partial charge in [0.1, 0.15) is 0 Å². The van der Waals surface area contributed by atoms with Crippen LogP contribution in [0.4, 0.5) is 0 Å².